The first kappa shape index (κ1) is 18.2. The van der Waals surface area contributed by atoms with Crippen LogP contribution in [0.2, 0.25) is 5.02 Å². The lowest BCUT2D eigenvalue weighted by molar-refractivity contribution is -0.139. The zero-order valence-corrected chi connectivity index (χ0v) is 15.9. The first-order chi connectivity index (χ1) is 13.2. The highest BCUT2D eigenvalue weighted by Gasteiger charge is 2.30. The molecule has 1 unspecified atom stereocenters. The Kier molecular flexibility index (Phi) is 5.55. The molecule has 0 radical (unpaired) electrons. The van der Waals surface area contributed by atoms with Crippen LogP contribution >= 0.6 is 11.6 Å². The average molecular weight is 387 g/mol. The summed E-state index contributed by atoms with van der Waals surface area (Å²) in [7, 11) is 0. The number of anilines is 1. The van der Waals surface area contributed by atoms with Crippen molar-refractivity contribution in [2.45, 2.75) is 12.8 Å². The van der Waals surface area contributed by atoms with Gasteiger partial charge < -0.3 is 14.5 Å². The van der Waals surface area contributed by atoms with Gasteiger partial charge in [0.25, 0.3) is 0 Å². The van der Waals surface area contributed by atoms with Gasteiger partial charge in [0.05, 0.1) is 24.8 Å². The molecule has 0 spiro atoms. The molecule has 142 valence electrons. The second-order valence-corrected chi connectivity index (χ2v) is 7.44. The van der Waals surface area contributed by atoms with E-state index >= 15 is 0 Å². The molecular formula is C20H23ClN4O2. The Morgan fingerprint density at radius 1 is 1.04 bits per heavy atom. The van der Waals surface area contributed by atoms with Gasteiger partial charge in [-0.25, -0.2) is 0 Å². The number of morpholine rings is 1. The van der Waals surface area contributed by atoms with E-state index < -0.39 is 0 Å². The molecule has 0 saturated carbocycles. The maximum Gasteiger partial charge on any atom is 0.227 e. The van der Waals surface area contributed by atoms with Gasteiger partial charge in [0.2, 0.25) is 5.91 Å². The minimum atomic E-state index is 0.0228. The van der Waals surface area contributed by atoms with Crippen molar-refractivity contribution in [3.8, 4) is 11.3 Å². The lowest BCUT2D eigenvalue weighted by Gasteiger charge is -2.36. The predicted octanol–water partition coefficient (Wildman–Crippen LogP) is 2.87. The van der Waals surface area contributed by atoms with Gasteiger partial charge in [-0.1, -0.05) is 23.7 Å². The molecule has 4 rings (SSSR count). The zero-order valence-electron chi connectivity index (χ0n) is 15.2. The number of benzene rings is 1. The van der Waals surface area contributed by atoms with E-state index in [1.165, 1.54) is 0 Å². The van der Waals surface area contributed by atoms with Gasteiger partial charge in [-0.3, -0.25) is 4.79 Å². The molecule has 2 aliphatic rings. The van der Waals surface area contributed by atoms with E-state index in [2.05, 4.69) is 15.1 Å². The lowest BCUT2D eigenvalue weighted by Crippen LogP contribution is -2.48. The number of amides is 1. The van der Waals surface area contributed by atoms with E-state index in [1.807, 2.05) is 41.3 Å². The number of piperidine rings is 1. The van der Waals surface area contributed by atoms with Crippen molar-refractivity contribution in [2.75, 3.05) is 44.3 Å². The quantitative estimate of drug-likeness (QED) is 0.811. The molecule has 1 aromatic heterocycles. The molecular weight excluding hydrogens is 364 g/mol. The Morgan fingerprint density at radius 2 is 1.81 bits per heavy atom. The van der Waals surface area contributed by atoms with E-state index in [-0.39, 0.29) is 11.8 Å². The van der Waals surface area contributed by atoms with E-state index in [4.69, 9.17) is 16.3 Å². The summed E-state index contributed by atoms with van der Waals surface area (Å²) >= 11 is 5.94. The van der Waals surface area contributed by atoms with Crippen LogP contribution in [-0.4, -0.2) is 60.4 Å². The fourth-order valence-corrected chi connectivity index (χ4v) is 3.82. The van der Waals surface area contributed by atoms with Crippen molar-refractivity contribution in [1.29, 1.82) is 0 Å². The van der Waals surface area contributed by atoms with Crippen LogP contribution in [0, 0.1) is 5.92 Å². The van der Waals surface area contributed by atoms with Gasteiger partial charge in [-0.05, 0) is 37.1 Å². The van der Waals surface area contributed by atoms with Gasteiger partial charge >= 0.3 is 0 Å². The fraction of sp³-hybridized carbons (Fsp3) is 0.450. The maximum absolute atomic E-state index is 12.8. The van der Waals surface area contributed by atoms with Crippen molar-refractivity contribution in [3.63, 3.8) is 0 Å². The van der Waals surface area contributed by atoms with Crippen LogP contribution in [-0.2, 0) is 9.53 Å². The number of ether oxygens (including phenoxy) is 1. The first-order valence-corrected chi connectivity index (χ1v) is 9.79. The number of carbonyl (C=O) groups is 1. The number of aromatic nitrogens is 2. The van der Waals surface area contributed by atoms with Crippen LogP contribution in [0.1, 0.15) is 12.8 Å². The average Bonchev–Trinajstić information content (AvgIpc) is 2.75. The van der Waals surface area contributed by atoms with E-state index in [9.17, 15) is 4.79 Å². The van der Waals surface area contributed by atoms with Crippen LogP contribution in [0.4, 0.5) is 5.82 Å². The predicted molar refractivity (Wildman–Crippen MR) is 105 cm³/mol. The third kappa shape index (κ3) is 4.22. The Hall–Kier alpha value is -2.18. The monoisotopic (exact) mass is 386 g/mol. The molecule has 7 heteroatoms. The number of rotatable bonds is 3. The summed E-state index contributed by atoms with van der Waals surface area (Å²) in [6.45, 7) is 4.28. The SMILES string of the molecule is O=C(C1CCCN(c2ccc(-c3ccc(Cl)cc3)nn2)C1)N1CCOCC1. The normalized spacial score (nSPS) is 20.6. The highest BCUT2D eigenvalue weighted by Crippen LogP contribution is 2.25. The molecule has 0 aliphatic carbocycles. The van der Waals surface area contributed by atoms with Crippen LogP contribution in [0.25, 0.3) is 11.3 Å². The molecule has 27 heavy (non-hydrogen) atoms. The highest BCUT2D eigenvalue weighted by atomic mass is 35.5. The van der Waals surface area contributed by atoms with Crippen molar-refractivity contribution < 1.29 is 9.53 Å². The van der Waals surface area contributed by atoms with Crippen LogP contribution < -0.4 is 4.90 Å². The number of hydrogen-bond acceptors (Lipinski definition) is 5. The molecule has 2 aliphatic heterocycles. The number of halogens is 1. The van der Waals surface area contributed by atoms with Gasteiger partial charge in [0.1, 0.15) is 0 Å². The molecule has 1 aromatic carbocycles. The third-order valence-corrected chi connectivity index (χ3v) is 5.46. The topological polar surface area (TPSA) is 58.6 Å². The van der Waals surface area contributed by atoms with Crippen molar-refractivity contribution in [2.24, 2.45) is 5.92 Å². The van der Waals surface area contributed by atoms with Gasteiger partial charge in [0, 0.05) is 36.8 Å². The summed E-state index contributed by atoms with van der Waals surface area (Å²) in [6.07, 6.45) is 1.92. The standard InChI is InChI=1S/C20H23ClN4O2/c21-17-5-3-15(4-6-17)18-7-8-19(23-22-18)25-9-1-2-16(14-25)20(26)24-10-12-27-13-11-24/h3-8,16H,1-2,9-14H2. The van der Waals surface area contributed by atoms with Crippen molar-refractivity contribution in [1.82, 2.24) is 15.1 Å². The highest BCUT2D eigenvalue weighted by molar-refractivity contribution is 6.30. The molecule has 1 amide bonds. The summed E-state index contributed by atoms with van der Waals surface area (Å²) in [5, 5.41) is 9.47. The Morgan fingerprint density at radius 3 is 2.52 bits per heavy atom. The Balaban J connectivity index is 1.43. The van der Waals surface area contributed by atoms with Crippen molar-refractivity contribution in [3.05, 3.63) is 41.4 Å². The molecule has 0 bridgehead atoms. The molecule has 2 aromatic rings. The smallest absolute Gasteiger partial charge is 0.227 e. The zero-order chi connectivity index (χ0) is 18.6. The minimum Gasteiger partial charge on any atom is -0.378 e. The first-order valence-electron chi connectivity index (χ1n) is 9.42. The summed E-state index contributed by atoms with van der Waals surface area (Å²) in [5.41, 5.74) is 1.80. The maximum atomic E-state index is 12.8. The number of carbonyl (C=O) groups excluding carboxylic acids is 1. The van der Waals surface area contributed by atoms with Gasteiger partial charge in [-0.15, -0.1) is 10.2 Å². The molecule has 6 nitrogen and oxygen atoms in total. The van der Waals surface area contributed by atoms with Crippen LogP contribution in [0.3, 0.4) is 0 Å². The molecule has 1 atom stereocenters. The van der Waals surface area contributed by atoms with Gasteiger partial charge in [-0.2, -0.15) is 0 Å². The molecule has 2 saturated heterocycles. The molecule has 2 fully saturated rings. The van der Waals surface area contributed by atoms with E-state index in [1.54, 1.807) is 0 Å². The van der Waals surface area contributed by atoms with E-state index in [0.717, 1.165) is 36.5 Å². The second kappa shape index (κ2) is 8.23. The second-order valence-electron chi connectivity index (χ2n) is 7.01. The Bertz CT molecular complexity index is 776. The van der Waals surface area contributed by atoms with E-state index in [0.29, 0.717) is 37.9 Å². The summed E-state index contributed by atoms with van der Waals surface area (Å²) in [4.78, 5) is 16.9. The van der Waals surface area contributed by atoms with Crippen LogP contribution in [0.5, 0.6) is 0 Å². The summed E-state index contributed by atoms with van der Waals surface area (Å²) < 4.78 is 5.35. The summed E-state index contributed by atoms with van der Waals surface area (Å²) in [5.74, 6) is 1.09. The van der Waals surface area contributed by atoms with Crippen molar-refractivity contribution >= 4 is 23.3 Å². The summed E-state index contributed by atoms with van der Waals surface area (Å²) in [6, 6.07) is 11.5. The Labute approximate surface area is 164 Å². The molecule has 3 heterocycles. The number of hydrogen-bond donors (Lipinski definition) is 0. The fourth-order valence-electron chi connectivity index (χ4n) is 3.70. The van der Waals surface area contributed by atoms with Gasteiger partial charge in [0.15, 0.2) is 5.82 Å². The molecule has 0 N–H and O–H groups in total. The number of nitrogens with zero attached hydrogens (tertiary/aromatic N) is 4. The lowest BCUT2D eigenvalue weighted by atomic mass is 9.96. The third-order valence-electron chi connectivity index (χ3n) is 5.21. The minimum absolute atomic E-state index is 0.0228. The largest absolute Gasteiger partial charge is 0.378 e. The van der Waals surface area contributed by atoms with Crippen LogP contribution in [0.15, 0.2) is 36.4 Å².